The van der Waals surface area contributed by atoms with Crippen LogP contribution in [0.4, 0.5) is 0 Å². The molecule has 1 fully saturated rings. The van der Waals surface area contributed by atoms with E-state index in [2.05, 4.69) is 44.0 Å². The summed E-state index contributed by atoms with van der Waals surface area (Å²) in [4.78, 5) is 0. The Kier molecular flexibility index (Phi) is 4.29. The Morgan fingerprint density at radius 3 is 2.00 bits per heavy atom. The molecule has 1 saturated carbocycles. The van der Waals surface area contributed by atoms with E-state index in [9.17, 15) is 5.11 Å². The lowest BCUT2D eigenvalue weighted by molar-refractivity contribution is 0.220. The van der Waals surface area contributed by atoms with Gasteiger partial charge in [-0.2, -0.15) is 0 Å². The van der Waals surface area contributed by atoms with E-state index in [-0.39, 0.29) is 0 Å². The van der Waals surface area contributed by atoms with Crippen molar-refractivity contribution in [1.82, 2.24) is 0 Å². The van der Waals surface area contributed by atoms with Crippen LogP contribution in [0.2, 0.25) is 0 Å². The summed E-state index contributed by atoms with van der Waals surface area (Å²) in [6.45, 7) is 0. The van der Waals surface area contributed by atoms with Crippen LogP contribution in [-0.2, 0) is 0 Å². The van der Waals surface area contributed by atoms with Gasteiger partial charge >= 0.3 is 0 Å². The van der Waals surface area contributed by atoms with Crippen LogP contribution < -0.4 is 0 Å². The first-order valence-electron chi connectivity index (χ1n) is 6.87. The molecule has 1 N–H and O–H groups in total. The quantitative estimate of drug-likeness (QED) is 0.721. The van der Waals surface area contributed by atoms with Crippen molar-refractivity contribution >= 4 is 31.9 Å². The molecule has 0 radical (unpaired) electrons. The number of aliphatic hydroxyl groups excluding tert-OH is 1. The summed E-state index contributed by atoms with van der Waals surface area (Å²) in [5, 5.41) is 10.5. The first-order chi connectivity index (χ1) is 9.63. The van der Waals surface area contributed by atoms with Crippen LogP contribution in [0.1, 0.15) is 48.0 Å². The third kappa shape index (κ3) is 3.00. The van der Waals surface area contributed by atoms with Gasteiger partial charge in [-0.05, 0) is 53.6 Å². The van der Waals surface area contributed by atoms with Crippen molar-refractivity contribution in [3.05, 3.63) is 68.1 Å². The van der Waals surface area contributed by atoms with E-state index in [0.29, 0.717) is 0 Å². The van der Waals surface area contributed by atoms with Crippen LogP contribution >= 0.6 is 31.9 Å². The molecule has 20 heavy (non-hydrogen) atoms. The molecule has 3 rings (SSSR count). The van der Waals surface area contributed by atoms with Gasteiger partial charge in [-0.15, -0.1) is 0 Å². The fraction of sp³-hybridized carbons (Fsp3) is 0.294. The molecule has 0 heterocycles. The Morgan fingerprint density at radius 1 is 0.900 bits per heavy atom. The standard InChI is InChI=1S/C17H16Br2O/c18-15-8-14(9-16(19)10-15)17(20)13-6-4-12(5-7-13)11-2-1-3-11/h4-11,17,20H,1-3H2. The van der Waals surface area contributed by atoms with Crippen LogP contribution in [0.5, 0.6) is 0 Å². The first-order valence-corrected chi connectivity index (χ1v) is 8.46. The lowest BCUT2D eigenvalue weighted by atomic mass is 9.80. The van der Waals surface area contributed by atoms with Gasteiger partial charge in [0, 0.05) is 8.95 Å². The maximum atomic E-state index is 10.5. The minimum atomic E-state index is -0.584. The zero-order chi connectivity index (χ0) is 14.1. The van der Waals surface area contributed by atoms with Gasteiger partial charge in [0.15, 0.2) is 0 Å². The molecular weight excluding hydrogens is 380 g/mol. The van der Waals surface area contributed by atoms with Crippen molar-refractivity contribution < 1.29 is 5.11 Å². The monoisotopic (exact) mass is 394 g/mol. The third-order valence-electron chi connectivity index (χ3n) is 4.03. The number of hydrogen-bond donors (Lipinski definition) is 1. The van der Waals surface area contributed by atoms with Gasteiger partial charge in [0.05, 0.1) is 0 Å². The molecule has 2 aromatic carbocycles. The highest BCUT2D eigenvalue weighted by Gasteiger charge is 2.19. The Balaban J connectivity index is 1.83. The Morgan fingerprint density at radius 2 is 1.50 bits per heavy atom. The van der Waals surface area contributed by atoms with E-state index in [4.69, 9.17) is 0 Å². The second kappa shape index (κ2) is 6.00. The molecule has 3 heteroatoms. The zero-order valence-electron chi connectivity index (χ0n) is 11.0. The van der Waals surface area contributed by atoms with Gasteiger partial charge in [0.1, 0.15) is 6.10 Å². The maximum absolute atomic E-state index is 10.5. The van der Waals surface area contributed by atoms with Crippen molar-refractivity contribution in [3.8, 4) is 0 Å². The molecule has 0 aliphatic heterocycles. The molecule has 1 unspecified atom stereocenters. The van der Waals surface area contributed by atoms with Crippen molar-refractivity contribution in [3.63, 3.8) is 0 Å². The molecule has 0 bridgehead atoms. The van der Waals surface area contributed by atoms with E-state index >= 15 is 0 Å². The average Bonchev–Trinajstić information content (AvgIpc) is 2.35. The molecule has 0 spiro atoms. The van der Waals surface area contributed by atoms with Crippen LogP contribution in [0.25, 0.3) is 0 Å². The lowest BCUT2D eigenvalue weighted by Crippen LogP contribution is -2.09. The van der Waals surface area contributed by atoms with E-state index in [0.717, 1.165) is 26.0 Å². The summed E-state index contributed by atoms with van der Waals surface area (Å²) in [5.74, 6) is 0.737. The minimum absolute atomic E-state index is 0.584. The van der Waals surface area contributed by atoms with Crippen molar-refractivity contribution in [2.75, 3.05) is 0 Å². The lowest BCUT2D eigenvalue weighted by Gasteiger charge is -2.26. The second-order valence-electron chi connectivity index (χ2n) is 5.40. The largest absolute Gasteiger partial charge is 0.384 e. The number of halogens is 2. The molecule has 0 amide bonds. The number of rotatable bonds is 3. The summed E-state index contributed by atoms with van der Waals surface area (Å²) < 4.78 is 1.93. The number of hydrogen-bond acceptors (Lipinski definition) is 1. The Labute approximate surface area is 136 Å². The predicted octanol–water partition coefficient (Wildman–Crippen LogP) is 5.56. The minimum Gasteiger partial charge on any atom is -0.384 e. The second-order valence-corrected chi connectivity index (χ2v) is 7.23. The van der Waals surface area contributed by atoms with Gasteiger partial charge in [-0.3, -0.25) is 0 Å². The molecule has 0 saturated heterocycles. The summed E-state index contributed by atoms with van der Waals surface area (Å²) in [5.41, 5.74) is 3.24. The Bertz CT molecular complexity index is 583. The first kappa shape index (κ1) is 14.3. The highest BCUT2D eigenvalue weighted by atomic mass is 79.9. The predicted molar refractivity (Wildman–Crippen MR) is 88.9 cm³/mol. The SMILES string of the molecule is OC(c1ccc(C2CCC2)cc1)c1cc(Br)cc(Br)c1. The Hall–Kier alpha value is -0.640. The van der Waals surface area contributed by atoms with Crippen LogP contribution in [-0.4, -0.2) is 5.11 Å². The van der Waals surface area contributed by atoms with E-state index in [1.54, 1.807) is 0 Å². The summed E-state index contributed by atoms with van der Waals surface area (Å²) in [6.07, 6.45) is 3.38. The van der Waals surface area contributed by atoms with Gasteiger partial charge in [0.25, 0.3) is 0 Å². The molecule has 104 valence electrons. The smallest absolute Gasteiger partial charge is 0.104 e. The summed E-state index contributed by atoms with van der Waals surface area (Å²) in [7, 11) is 0. The number of benzene rings is 2. The van der Waals surface area contributed by atoms with Gasteiger partial charge in [-0.25, -0.2) is 0 Å². The maximum Gasteiger partial charge on any atom is 0.104 e. The molecule has 1 nitrogen and oxygen atoms in total. The fourth-order valence-electron chi connectivity index (χ4n) is 2.62. The highest BCUT2D eigenvalue weighted by molar-refractivity contribution is 9.11. The summed E-state index contributed by atoms with van der Waals surface area (Å²) in [6, 6.07) is 14.3. The molecule has 0 aromatic heterocycles. The van der Waals surface area contributed by atoms with Crippen molar-refractivity contribution in [1.29, 1.82) is 0 Å². The van der Waals surface area contributed by atoms with Gasteiger partial charge in [0.2, 0.25) is 0 Å². The third-order valence-corrected chi connectivity index (χ3v) is 4.95. The molecule has 2 aromatic rings. The van der Waals surface area contributed by atoms with Crippen LogP contribution in [0.3, 0.4) is 0 Å². The molecule has 1 aliphatic rings. The normalized spacial score (nSPS) is 16.8. The van der Waals surface area contributed by atoms with Crippen molar-refractivity contribution in [2.45, 2.75) is 31.3 Å². The van der Waals surface area contributed by atoms with E-state index in [1.807, 2.05) is 30.3 Å². The number of aliphatic hydroxyl groups is 1. The topological polar surface area (TPSA) is 20.2 Å². The molecule has 1 aliphatic carbocycles. The summed E-state index contributed by atoms with van der Waals surface area (Å²) >= 11 is 6.92. The zero-order valence-corrected chi connectivity index (χ0v) is 14.2. The van der Waals surface area contributed by atoms with Gasteiger partial charge < -0.3 is 5.11 Å². The van der Waals surface area contributed by atoms with Crippen molar-refractivity contribution in [2.24, 2.45) is 0 Å². The molecule has 1 atom stereocenters. The van der Waals surface area contributed by atoms with Crippen LogP contribution in [0, 0.1) is 0 Å². The van der Waals surface area contributed by atoms with Crippen LogP contribution in [0.15, 0.2) is 51.4 Å². The highest BCUT2D eigenvalue weighted by Crippen LogP contribution is 2.37. The fourth-order valence-corrected chi connectivity index (χ4v) is 3.95. The van der Waals surface area contributed by atoms with Gasteiger partial charge in [-0.1, -0.05) is 62.5 Å². The van der Waals surface area contributed by atoms with E-state index in [1.165, 1.54) is 24.8 Å². The van der Waals surface area contributed by atoms with E-state index < -0.39 is 6.10 Å². The molecular formula is C17H16Br2O. The average molecular weight is 396 g/mol.